The maximum Gasteiger partial charge on any atom is 0.127 e. The third-order valence-electron chi connectivity index (χ3n) is 6.94. The first kappa shape index (κ1) is 32.5. The van der Waals surface area contributed by atoms with Crippen LogP contribution in [-0.2, 0) is 22.6 Å². The van der Waals surface area contributed by atoms with E-state index < -0.39 is 0 Å². The summed E-state index contributed by atoms with van der Waals surface area (Å²) in [5, 5.41) is 17.9. The minimum absolute atomic E-state index is 0.432. The summed E-state index contributed by atoms with van der Waals surface area (Å²) < 4.78 is 40.2. The van der Waals surface area contributed by atoms with Gasteiger partial charge in [0.05, 0.1) is 39.5 Å². The molecule has 0 atom stereocenters. The van der Waals surface area contributed by atoms with Gasteiger partial charge in [-0.1, -0.05) is 34.7 Å². The number of benzene rings is 3. The molecule has 9 rings (SSSR count). The minimum Gasteiger partial charge on any atom is -0.492 e. The summed E-state index contributed by atoms with van der Waals surface area (Å²) in [7, 11) is 0. The molecule has 0 saturated carbocycles. The van der Waals surface area contributed by atoms with Crippen molar-refractivity contribution >= 4 is 45.2 Å². The number of nitrogens with zero attached hydrogens (tertiary/aromatic N) is 6. The summed E-state index contributed by atoms with van der Waals surface area (Å²) in [5.41, 5.74) is 3.42. The molecule has 0 radical (unpaired) electrons. The maximum atomic E-state index is 5.97. The molecule has 3 aromatic carbocycles. The highest BCUT2D eigenvalue weighted by Gasteiger charge is 2.20. The molecule has 8 bridgehead atoms. The monoisotopic (exact) mass is 850 g/mol. The van der Waals surface area contributed by atoms with Crippen molar-refractivity contribution in [1.82, 2.24) is 30.0 Å². The van der Waals surface area contributed by atoms with Crippen LogP contribution in [0.1, 0.15) is 0 Å². The molecule has 6 heterocycles. The van der Waals surface area contributed by atoms with Crippen molar-refractivity contribution in [2.45, 2.75) is 13.1 Å². The van der Waals surface area contributed by atoms with Gasteiger partial charge in [0.25, 0.3) is 0 Å². The summed E-state index contributed by atoms with van der Waals surface area (Å²) >= 11 is 4.57. The first-order valence-electron chi connectivity index (χ1n) is 14.8. The molecule has 4 aliphatic rings. The zero-order chi connectivity index (χ0) is 31.6. The van der Waals surface area contributed by atoms with Gasteiger partial charge in [0.15, 0.2) is 0 Å². The second-order valence-corrected chi connectivity index (χ2v) is 12.1. The van der Waals surface area contributed by atoms with E-state index in [-0.39, 0.29) is 0 Å². The Morgan fingerprint density at radius 3 is 1.20 bits per heavy atom. The van der Waals surface area contributed by atoms with Gasteiger partial charge < -0.3 is 28.4 Å². The molecule has 0 amide bonds. The molecule has 46 heavy (non-hydrogen) atoms. The van der Waals surface area contributed by atoms with Crippen LogP contribution in [0.3, 0.4) is 0 Å². The molecule has 4 aliphatic heterocycles. The van der Waals surface area contributed by atoms with Crippen LogP contribution in [0.15, 0.2) is 72.8 Å². The van der Waals surface area contributed by atoms with Crippen LogP contribution >= 0.6 is 45.2 Å². The van der Waals surface area contributed by atoms with E-state index in [0.29, 0.717) is 65.9 Å². The first-order valence-corrected chi connectivity index (χ1v) is 17.0. The molecular formula is C32H32I2N6O6. The Bertz CT molecular complexity index is 1570. The van der Waals surface area contributed by atoms with Crippen LogP contribution in [0.5, 0.6) is 23.0 Å². The number of rotatable bonds is 0. The molecule has 0 N–H and O–H groups in total. The van der Waals surface area contributed by atoms with Crippen LogP contribution in [0.2, 0.25) is 0 Å². The fraction of sp³-hybridized carbons (Fsp3) is 0.312. The summed E-state index contributed by atoms with van der Waals surface area (Å²) in [4.78, 5) is 0. The van der Waals surface area contributed by atoms with Crippen molar-refractivity contribution in [1.29, 1.82) is 0 Å². The van der Waals surface area contributed by atoms with Gasteiger partial charge in [-0.3, -0.25) is 0 Å². The van der Waals surface area contributed by atoms with Crippen LogP contribution in [0.4, 0.5) is 0 Å². The first-order chi connectivity index (χ1) is 22.7. The largest absolute Gasteiger partial charge is 0.492 e. The lowest BCUT2D eigenvalue weighted by Crippen LogP contribution is -2.13. The Kier molecular flexibility index (Phi) is 11.6. The Labute approximate surface area is 293 Å². The Morgan fingerprint density at radius 1 is 0.457 bits per heavy atom. The fourth-order valence-corrected chi connectivity index (χ4v) is 6.11. The van der Waals surface area contributed by atoms with Crippen molar-refractivity contribution in [2.24, 2.45) is 0 Å². The van der Waals surface area contributed by atoms with Crippen molar-refractivity contribution in [2.75, 3.05) is 52.9 Å². The summed E-state index contributed by atoms with van der Waals surface area (Å²) in [6, 6.07) is 23.1. The van der Waals surface area contributed by atoms with Gasteiger partial charge >= 0.3 is 0 Å². The summed E-state index contributed by atoms with van der Waals surface area (Å²) in [6.45, 7) is 4.72. The second kappa shape index (κ2) is 16.4. The molecule has 14 heteroatoms. The highest BCUT2D eigenvalue weighted by atomic mass is 127. The smallest absolute Gasteiger partial charge is 0.127 e. The van der Waals surface area contributed by atoms with Crippen LogP contribution < -0.4 is 18.9 Å². The van der Waals surface area contributed by atoms with Crippen LogP contribution in [-0.4, -0.2) is 82.8 Å². The average molecular weight is 850 g/mol. The molecule has 0 saturated heterocycles. The number of ether oxygens (including phenoxy) is 6. The van der Waals surface area contributed by atoms with Gasteiger partial charge in [0, 0.05) is 11.1 Å². The Hall–Kier alpha value is -3.48. The van der Waals surface area contributed by atoms with Gasteiger partial charge in [-0.2, -0.15) is 0 Å². The van der Waals surface area contributed by atoms with Gasteiger partial charge in [-0.15, -0.1) is 10.2 Å². The van der Waals surface area contributed by atoms with E-state index in [1.165, 1.54) is 0 Å². The van der Waals surface area contributed by atoms with Crippen molar-refractivity contribution in [3.63, 3.8) is 0 Å². The third kappa shape index (κ3) is 8.45. The van der Waals surface area contributed by atoms with E-state index in [4.69, 9.17) is 28.4 Å². The molecule has 0 spiro atoms. The predicted octanol–water partition coefficient (Wildman–Crippen LogP) is 5.38. The highest BCUT2D eigenvalue weighted by Crippen LogP contribution is 2.34. The van der Waals surface area contributed by atoms with E-state index in [1.807, 2.05) is 82.2 Å². The topological polar surface area (TPSA) is 117 Å². The lowest BCUT2D eigenvalue weighted by Gasteiger charge is -2.11. The number of halogens is 2. The molecule has 0 fully saturated rings. The van der Waals surface area contributed by atoms with E-state index in [1.54, 1.807) is 0 Å². The highest BCUT2D eigenvalue weighted by molar-refractivity contribution is 14.1. The minimum atomic E-state index is 0.432. The molecule has 12 nitrogen and oxygen atoms in total. The van der Waals surface area contributed by atoms with E-state index in [0.717, 1.165) is 52.9 Å². The average Bonchev–Trinajstić information content (AvgIpc) is 3.64. The molecule has 0 unspecified atom stereocenters. The molecule has 0 aliphatic carbocycles. The van der Waals surface area contributed by atoms with Gasteiger partial charge in [-0.05, 0) is 93.7 Å². The molecular weight excluding hydrogens is 818 g/mol. The number of hydrogen-bond acceptors (Lipinski definition) is 10. The van der Waals surface area contributed by atoms with Gasteiger partial charge in [0.2, 0.25) is 0 Å². The lowest BCUT2D eigenvalue weighted by atomic mass is 10.0. The summed E-state index contributed by atoms with van der Waals surface area (Å²) in [5.74, 6) is 2.99. The van der Waals surface area contributed by atoms with E-state index >= 15 is 0 Å². The zero-order valence-electron chi connectivity index (χ0n) is 24.9. The van der Waals surface area contributed by atoms with Crippen molar-refractivity contribution in [3.05, 3.63) is 80.2 Å². The lowest BCUT2D eigenvalue weighted by molar-refractivity contribution is 0.0273. The Balaban J connectivity index is 1.17. The number of aromatic nitrogens is 6. The fourth-order valence-electron chi connectivity index (χ4n) is 4.64. The van der Waals surface area contributed by atoms with E-state index in [9.17, 15) is 0 Å². The maximum absolute atomic E-state index is 5.97. The van der Waals surface area contributed by atoms with Gasteiger partial charge in [0.1, 0.15) is 68.2 Å². The van der Waals surface area contributed by atoms with E-state index in [2.05, 4.69) is 65.8 Å². The Morgan fingerprint density at radius 2 is 0.804 bits per heavy atom. The summed E-state index contributed by atoms with van der Waals surface area (Å²) in [6.07, 6.45) is 0. The standard InChI is InChI=1S/C32H32I2N6O6/c33-31-29-27-3-1-2-4-28(27)30-32(34)40(38-36-30)14-16-44-24-7-11-26(12-8-24)46-22-20-42-18-17-41-19-21-45-25-9-5-23(6-10-25)43-15-13-39(31)37-35-29/h1-12H,13-22H2. The second-order valence-electron chi connectivity index (χ2n) is 10.0. The molecule has 5 aromatic rings. The molecule has 240 valence electrons. The SMILES string of the molecule is Ic1c2nnn1CCOc1ccc(cc1)OCCOCCOCCOc1ccc(cc1)OCCn1nnc(c1I)-c1ccccc1-2. The van der Waals surface area contributed by atoms with Crippen molar-refractivity contribution < 1.29 is 28.4 Å². The predicted molar refractivity (Wildman–Crippen MR) is 186 cm³/mol. The number of hydrogen-bond donors (Lipinski definition) is 0. The quantitative estimate of drug-likeness (QED) is 0.188. The third-order valence-corrected chi connectivity index (χ3v) is 9.08. The van der Waals surface area contributed by atoms with Crippen LogP contribution in [0, 0.1) is 7.40 Å². The van der Waals surface area contributed by atoms with Crippen molar-refractivity contribution in [3.8, 4) is 45.5 Å². The normalized spacial score (nSPS) is 15.3. The van der Waals surface area contributed by atoms with Gasteiger partial charge in [-0.25, -0.2) is 9.36 Å². The van der Waals surface area contributed by atoms with Crippen LogP contribution in [0.25, 0.3) is 22.5 Å². The molecule has 2 aromatic heterocycles. The zero-order valence-corrected chi connectivity index (χ0v) is 29.2.